The SMILES string of the molecule is CCc1noc(C)c1C(=O)OCC(=O)c1cc(C)n(CCC(C)C)c1C. The average Bonchev–Trinajstić information content (AvgIpc) is 3.10. The van der Waals surface area contributed by atoms with Crippen molar-refractivity contribution in [3.8, 4) is 0 Å². The fourth-order valence-corrected chi connectivity index (χ4v) is 3.02. The first-order valence-corrected chi connectivity index (χ1v) is 9.08. The zero-order chi connectivity index (χ0) is 19.4. The van der Waals surface area contributed by atoms with Gasteiger partial charge in [-0.3, -0.25) is 4.79 Å². The molecule has 0 radical (unpaired) electrons. The lowest BCUT2D eigenvalue weighted by Gasteiger charge is -2.11. The van der Waals surface area contributed by atoms with E-state index in [0.717, 1.165) is 24.4 Å². The van der Waals surface area contributed by atoms with Gasteiger partial charge in [0, 0.05) is 23.5 Å². The fraction of sp³-hybridized carbons (Fsp3) is 0.550. The normalized spacial score (nSPS) is 11.2. The number of nitrogens with zero attached hydrogens (tertiary/aromatic N) is 2. The molecule has 0 saturated heterocycles. The highest BCUT2D eigenvalue weighted by Gasteiger charge is 2.23. The molecule has 2 aromatic heterocycles. The predicted molar refractivity (Wildman–Crippen MR) is 98.6 cm³/mol. The molecule has 2 rings (SSSR count). The van der Waals surface area contributed by atoms with Gasteiger partial charge >= 0.3 is 5.97 Å². The van der Waals surface area contributed by atoms with Crippen LogP contribution >= 0.6 is 0 Å². The van der Waals surface area contributed by atoms with E-state index in [2.05, 4.69) is 23.6 Å². The summed E-state index contributed by atoms with van der Waals surface area (Å²) in [5, 5.41) is 3.84. The molecule has 6 heteroatoms. The molecule has 0 aliphatic rings. The maximum Gasteiger partial charge on any atom is 0.344 e. The molecule has 0 saturated carbocycles. The van der Waals surface area contributed by atoms with Crippen molar-refractivity contribution in [3.05, 3.63) is 40.0 Å². The van der Waals surface area contributed by atoms with Crippen LogP contribution in [-0.4, -0.2) is 28.1 Å². The molecule has 0 N–H and O–H groups in total. The minimum atomic E-state index is -0.567. The van der Waals surface area contributed by atoms with Crippen LogP contribution in [0, 0.1) is 26.7 Å². The Morgan fingerprint density at radius 3 is 2.58 bits per heavy atom. The van der Waals surface area contributed by atoms with Gasteiger partial charge in [0.1, 0.15) is 11.3 Å². The summed E-state index contributed by atoms with van der Waals surface area (Å²) in [6.07, 6.45) is 1.61. The van der Waals surface area contributed by atoms with Crippen LogP contribution in [0.4, 0.5) is 0 Å². The first-order chi connectivity index (χ1) is 12.3. The largest absolute Gasteiger partial charge is 0.454 e. The molecule has 0 atom stereocenters. The molecule has 2 aromatic rings. The van der Waals surface area contributed by atoms with Gasteiger partial charge in [-0.2, -0.15) is 0 Å². The van der Waals surface area contributed by atoms with Crippen molar-refractivity contribution >= 4 is 11.8 Å². The number of hydrogen-bond acceptors (Lipinski definition) is 5. The van der Waals surface area contributed by atoms with E-state index in [-0.39, 0.29) is 12.4 Å². The Morgan fingerprint density at radius 2 is 1.96 bits per heavy atom. The second kappa shape index (κ2) is 8.34. The summed E-state index contributed by atoms with van der Waals surface area (Å²) in [7, 11) is 0. The molecule has 2 heterocycles. The molecule has 0 aliphatic heterocycles. The van der Waals surface area contributed by atoms with Gasteiger partial charge in [0.15, 0.2) is 6.61 Å². The quantitative estimate of drug-likeness (QED) is 0.524. The van der Waals surface area contributed by atoms with Crippen molar-refractivity contribution in [2.24, 2.45) is 5.92 Å². The van der Waals surface area contributed by atoms with Crippen molar-refractivity contribution in [2.75, 3.05) is 6.61 Å². The van der Waals surface area contributed by atoms with E-state index in [9.17, 15) is 9.59 Å². The molecule has 0 fully saturated rings. The van der Waals surface area contributed by atoms with E-state index in [4.69, 9.17) is 9.26 Å². The van der Waals surface area contributed by atoms with Crippen molar-refractivity contribution in [1.29, 1.82) is 0 Å². The highest BCUT2D eigenvalue weighted by Crippen LogP contribution is 2.19. The van der Waals surface area contributed by atoms with Gasteiger partial charge < -0.3 is 13.8 Å². The molecular weight excluding hydrogens is 332 g/mol. The van der Waals surface area contributed by atoms with Crippen molar-refractivity contribution < 1.29 is 18.8 Å². The van der Waals surface area contributed by atoms with E-state index in [1.165, 1.54) is 0 Å². The summed E-state index contributed by atoms with van der Waals surface area (Å²) in [5.41, 5.74) is 3.44. The summed E-state index contributed by atoms with van der Waals surface area (Å²) in [5.74, 6) is 0.235. The van der Waals surface area contributed by atoms with Crippen molar-refractivity contribution in [3.63, 3.8) is 0 Å². The van der Waals surface area contributed by atoms with Crippen LogP contribution in [-0.2, 0) is 17.7 Å². The van der Waals surface area contributed by atoms with Gasteiger partial charge in [-0.15, -0.1) is 0 Å². The molecule has 26 heavy (non-hydrogen) atoms. The Morgan fingerprint density at radius 1 is 1.27 bits per heavy atom. The molecule has 0 aromatic carbocycles. The van der Waals surface area contributed by atoms with Crippen LogP contribution in [0.3, 0.4) is 0 Å². The lowest BCUT2D eigenvalue weighted by Crippen LogP contribution is -2.16. The van der Waals surface area contributed by atoms with Crippen LogP contribution in [0.15, 0.2) is 10.6 Å². The Hall–Kier alpha value is -2.37. The molecule has 142 valence electrons. The summed E-state index contributed by atoms with van der Waals surface area (Å²) >= 11 is 0. The van der Waals surface area contributed by atoms with Gasteiger partial charge in [0.2, 0.25) is 5.78 Å². The average molecular weight is 360 g/mol. The lowest BCUT2D eigenvalue weighted by molar-refractivity contribution is 0.0472. The number of hydrogen-bond donors (Lipinski definition) is 0. The third-order valence-electron chi connectivity index (χ3n) is 4.61. The molecule has 0 aliphatic carbocycles. The van der Waals surface area contributed by atoms with Crippen LogP contribution in [0.5, 0.6) is 0 Å². The van der Waals surface area contributed by atoms with E-state index < -0.39 is 5.97 Å². The zero-order valence-corrected chi connectivity index (χ0v) is 16.5. The monoisotopic (exact) mass is 360 g/mol. The summed E-state index contributed by atoms with van der Waals surface area (Å²) in [6, 6.07) is 1.87. The first kappa shape index (κ1) is 19.9. The van der Waals surface area contributed by atoms with Crippen molar-refractivity contribution in [2.45, 2.75) is 60.9 Å². The second-order valence-electron chi connectivity index (χ2n) is 7.03. The number of aryl methyl sites for hydroxylation is 3. The van der Waals surface area contributed by atoms with Crippen LogP contribution in [0.1, 0.15) is 70.8 Å². The maximum atomic E-state index is 12.6. The van der Waals surface area contributed by atoms with Crippen LogP contribution in [0.25, 0.3) is 0 Å². The number of ketones is 1. The standard InChI is InChI=1S/C20H28N2O4/c1-7-17-19(15(6)26-21-17)20(24)25-11-18(23)16-10-13(4)22(14(16)5)9-8-12(2)3/h10,12H,7-9,11H2,1-6H3. The minimum absolute atomic E-state index is 0.200. The Labute approximate surface area is 154 Å². The predicted octanol–water partition coefficient (Wildman–Crippen LogP) is 4.05. The Bertz CT molecular complexity index is 799. The summed E-state index contributed by atoms with van der Waals surface area (Å²) in [4.78, 5) is 24.8. The number of esters is 1. The number of aromatic nitrogens is 2. The highest BCUT2D eigenvalue weighted by atomic mass is 16.5. The molecular formula is C20H28N2O4. The van der Waals surface area contributed by atoms with E-state index in [1.807, 2.05) is 26.8 Å². The third kappa shape index (κ3) is 4.23. The Balaban J connectivity index is 2.07. The van der Waals surface area contributed by atoms with Gasteiger partial charge in [-0.1, -0.05) is 25.9 Å². The molecule has 0 unspecified atom stereocenters. The number of carbonyl (C=O) groups is 2. The van der Waals surface area contributed by atoms with Crippen LogP contribution < -0.4 is 0 Å². The molecule has 6 nitrogen and oxygen atoms in total. The van der Waals surface area contributed by atoms with Gasteiger partial charge in [-0.25, -0.2) is 4.79 Å². The minimum Gasteiger partial charge on any atom is -0.454 e. The third-order valence-corrected chi connectivity index (χ3v) is 4.61. The molecule has 0 amide bonds. The van der Waals surface area contributed by atoms with E-state index in [1.54, 1.807) is 6.92 Å². The van der Waals surface area contributed by atoms with Gasteiger partial charge in [-0.05, 0) is 45.6 Å². The summed E-state index contributed by atoms with van der Waals surface area (Å²) in [6.45, 7) is 12.4. The van der Waals surface area contributed by atoms with Crippen molar-refractivity contribution in [1.82, 2.24) is 9.72 Å². The maximum absolute atomic E-state index is 12.6. The number of rotatable bonds is 8. The lowest BCUT2D eigenvalue weighted by atomic mass is 10.1. The van der Waals surface area contributed by atoms with E-state index >= 15 is 0 Å². The smallest absolute Gasteiger partial charge is 0.344 e. The zero-order valence-electron chi connectivity index (χ0n) is 16.5. The molecule has 0 bridgehead atoms. The Kier molecular flexibility index (Phi) is 6.40. The summed E-state index contributed by atoms with van der Waals surface area (Å²) < 4.78 is 12.4. The number of carbonyl (C=O) groups excluding carboxylic acids is 2. The van der Waals surface area contributed by atoms with Crippen LogP contribution in [0.2, 0.25) is 0 Å². The van der Waals surface area contributed by atoms with E-state index in [0.29, 0.717) is 34.9 Å². The topological polar surface area (TPSA) is 74.3 Å². The molecule has 0 spiro atoms. The van der Waals surface area contributed by atoms with Gasteiger partial charge in [0.25, 0.3) is 0 Å². The number of ether oxygens (including phenoxy) is 1. The first-order valence-electron chi connectivity index (χ1n) is 9.08. The second-order valence-corrected chi connectivity index (χ2v) is 7.03. The number of Topliss-reactive ketones (excluding diaryl/α,β-unsaturated/α-hetero) is 1. The fourth-order valence-electron chi connectivity index (χ4n) is 3.02. The highest BCUT2D eigenvalue weighted by molar-refractivity contribution is 6.00. The van der Waals surface area contributed by atoms with Gasteiger partial charge in [0.05, 0.1) is 5.69 Å².